The van der Waals surface area contributed by atoms with Gasteiger partial charge in [-0.3, -0.25) is 4.98 Å². The topological polar surface area (TPSA) is 132 Å². The number of pyridine rings is 1. The number of anilines is 1. The highest BCUT2D eigenvalue weighted by Gasteiger charge is 2.41. The summed E-state index contributed by atoms with van der Waals surface area (Å²) in [4.78, 5) is 18.5. The number of halogens is 1. The number of urea groups is 1. The zero-order valence-electron chi connectivity index (χ0n) is 18.1. The van der Waals surface area contributed by atoms with Gasteiger partial charge < -0.3 is 10.2 Å². The second kappa shape index (κ2) is 11.0. The molecule has 0 atom stereocenters. The number of hydrogen-bond acceptors (Lipinski definition) is 7. The van der Waals surface area contributed by atoms with Gasteiger partial charge in [0.1, 0.15) is 5.82 Å². The van der Waals surface area contributed by atoms with E-state index in [0.717, 1.165) is 12.8 Å². The van der Waals surface area contributed by atoms with E-state index in [1.165, 1.54) is 18.3 Å². The van der Waals surface area contributed by atoms with Gasteiger partial charge in [-0.15, -0.1) is 0 Å². The Morgan fingerprint density at radius 1 is 1.18 bits per heavy atom. The van der Waals surface area contributed by atoms with Gasteiger partial charge in [0.25, 0.3) is 0 Å². The van der Waals surface area contributed by atoms with Crippen LogP contribution in [0.2, 0.25) is 0 Å². The van der Waals surface area contributed by atoms with Gasteiger partial charge in [-0.25, -0.2) is 32.4 Å². The van der Waals surface area contributed by atoms with Gasteiger partial charge in [0.05, 0.1) is 22.8 Å². The van der Waals surface area contributed by atoms with Gasteiger partial charge in [0.2, 0.25) is 10.0 Å². The molecule has 4 rings (SSSR count). The van der Waals surface area contributed by atoms with Crippen molar-refractivity contribution in [1.82, 2.24) is 14.2 Å². The normalized spacial score (nSPS) is 17.1. The molecule has 1 aromatic carbocycles. The molecule has 1 aliphatic carbocycles. The summed E-state index contributed by atoms with van der Waals surface area (Å²) in [5.74, 6) is -0.329. The lowest BCUT2D eigenvalue weighted by Gasteiger charge is -2.36. The van der Waals surface area contributed by atoms with Crippen LogP contribution in [0.4, 0.5) is 14.9 Å². The van der Waals surface area contributed by atoms with Crippen LogP contribution in [0.5, 0.6) is 0 Å². The minimum absolute atomic E-state index is 0.0184. The van der Waals surface area contributed by atoms with Crippen molar-refractivity contribution in [3.05, 3.63) is 48.4 Å². The number of sulfonamides is 1. The molecule has 0 radical (unpaired) electrons. The Morgan fingerprint density at radius 3 is 2.39 bits per heavy atom. The number of nitrogens with zero attached hydrogens (tertiary/aromatic N) is 3. The van der Waals surface area contributed by atoms with Crippen molar-refractivity contribution < 1.29 is 33.2 Å². The lowest BCUT2D eigenvalue weighted by molar-refractivity contribution is -0.465. The summed E-state index contributed by atoms with van der Waals surface area (Å²) >= 11 is 0. The van der Waals surface area contributed by atoms with Crippen LogP contribution in [0.25, 0.3) is 11.3 Å². The van der Waals surface area contributed by atoms with Crippen molar-refractivity contribution >= 4 is 21.7 Å². The smallest absolute Gasteiger partial charge is 0.321 e. The average Bonchev–Trinajstić information content (AvgIpc) is 3.66. The van der Waals surface area contributed by atoms with E-state index < -0.39 is 10.0 Å². The van der Waals surface area contributed by atoms with E-state index in [1.807, 2.05) is 0 Å². The summed E-state index contributed by atoms with van der Waals surface area (Å²) < 4.78 is 39.7. The molecular weight excluding hydrogens is 455 g/mol. The fourth-order valence-corrected chi connectivity index (χ4v) is 5.60. The van der Waals surface area contributed by atoms with E-state index >= 15 is 0 Å². The molecule has 180 valence electrons. The van der Waals surface area contributed by atoms with Crippen LogP contribution in [0.3, 0.4) is 0 Å². The molecule has 10 nitrogen and oxygen atoms in total. The Hall–Kier alpha value is -2.64. The molecule has 3 N–H and O–H groups in total. The predicted molar refractivity (Wildman–Crippen MR) is 119 cm³/mol. The fraction of sp³-hybridized carbons (Fsp3) is 0.429. The number of nitrogens with one attached hydrogen (secondary N) is 1. The van der Waals surface area contributed by atoms with Crippen molar-refractivity contribution in [2.24, 2.45) is 0 Å². The van der Waals surface area contributed by atoms with Crippen molar-refractivity contribution in [2.75, 3.05) is 25.5 Å². The van der Waals surface area contributed by atoms with Gasteiger partial charge in [-0.05, 0) is 49.9 Å². The molecule has 2 amide bonds. The molecule has 2 aliphatic rings. The average molecular weight is 483 g/mol. The minimum Gasteiger partial charge on any atom is -0.325 e. The monoisotopic (exact) mass is 482 g/mol. The maximum atomic E-state index is 13.4. The zero-order valence-corrected chi connectivity index (χ0v) is 18.9. The van der Waals surface area contributed by atoms with Crippen molar-refractivity contribution in [3.8, 4) is 11.3 Å². The Bertz CT molecular complexity index is 1040. The molecule has 2 aromatic rings. The SMILES string of the molecule is CN(C(=O)Nc1ccc(-c2cccc(F)c2)nc1)C1CCN(S(=O)(=O)C2CC2)CC1.OOO. The number of piperidine rings is 1. The highest BCUT2D eigenvalue weighted by Crippen LogP contribution is 2.32. The third-order valence-electron chi connectivity index (χ3n) is 5.73. The van der Waals surface area contributed by atoms with Crippen LogP contribution < -0.4 is 5.32 Å². The molecule has 12 heteroatoms. The molecule has 1 aromatic heterocycles. The summed E-state index contributed by atoms with van der Waals surface area (Å²) in [5.41, 5.74) is 1.82. The molecule has 2 fully saturated rings. The van der Waals surface area contributed by atoms with Gasteiger partial charge in [0.15, 0.2) is 0 Å². The number of carbonyl (C=O) groups is 1. The summed E-state index contributed by atoms with van der Waals surface area (Å²) in [6, 6.07) is 9.35. The third kappa shape index (κ3) is 6.45. The standard InChI is InChI=1S/C21H25FN4O3S.H2O3/c1-25(18-9-11-26(12-10-18)30(28,29)19-6-7-19)21(27)24-17-5-8-20(23-14-17)15-3-2-4-16(22)13-15;1-3-2/h2-5,8,13-14,18-19H,6-7,9-12H2,1H3,(H,24,27);1-2H. The molecule has 2 heterocycles. The van der Waals surface area contributed by atoms with Crippen molar-refractivity contribution in [3.63, 3.8) is 0 Å². The number of aromatic nitrogens is 1. The van der Waals surface area contributed by atoms with Crippen LogP contribution in [-0.4, -0.2) is 70.6 Å². The summed E-state index contributed by atoms with van der Waals surface area (Å²) in [6.45, 7) is 0.899. The lowest BCUT2D eigenvalue weighted by Crippen LogP contribution is -2.48. The molecule has 0 unspecified atom stereocenters. The quantitative estimate of drug-likeness (QED) is 0.440. The highest BCUT2D eigenvalue weighted by molar-refractivity contribution is 7.90. The third-order valence-corrected chi connectivity index (χ3v) is 8.13. The maximum Gasteiger partial charge on any atom is 0.321 e. The molecule has 1 aliphatic heterocycles. The zero-order chi connectivity index (χ0) is 24.0. The van der Waals surface area contributed by atoms with Gasteiger partial charge in [0, 0.05) is 31.7 Å². The Kier molecular flexibility index (Phi) is 8.32. The summed E-state index contributed by atoms with van der Waals surface area (Å²) in [5, 5.41) is 18.1. The second-order valence-corrected chi connectivity index (χ2v) is 10.2. The van der Waals surface area contributed by atoms with Crippen LogP contribution in [0.15, 0.2) is 42.6 Å². The molecule has 0 bridgehead atoms. The van der Waals surface area contributed by atoms with E-state index in [0.29, 0.717) is 42.9 Å². The first kappa shape index (κ1) is 25.0. The second-order valence-electron chi connectivity index (χ2n) is 7.94. The van der Waals surface area contributed by atoms with Gasteiger partial charge in [-0.2, -0.15) is 0 Å². The molecule has 0 spiro atoms. The molecular formula is C21H27FN4O6S. The lowest BCUT2D eigenvalue weighted by atomic mass is 10.1. The van der Waals surface area contributed by atoms with E-state index in [-0.39, 0.29) is 23.1 Å². The van der Waals surface area contributed by atoms with Crippen LogP contribution >= 0.6 is 0 Å². The number of benzene rings is 1. The highest BCUT2D eigenvalue weighted by atomic mass is 32.2. The van der Waals surface area contributed by atoms with Crippen LogP contribution in [0, 0.1) is 5.82 Å². The fourth-order valence-electron chi connectivity index (χ4n) is 3.72. The number of rotatable bonds is 5. The molecule has 1 saturated carbocycles. The number of amides is 2. The maximum absolute atomic E-state index is 13.4. The first-order valence-corrected chi connectivity index (χ1v) is 12.0. The Labute approximate surface area is 191 Å². The first-order chi connectivity index (χ1) is 15.8. The van der Waals surface area contributed by atoms with Crippen molar-refractivity contribution in [1.29, 1.82) is 0 Å². The largest absolute Gasteiger partial charge is 0.325 e. The molecule has 33 heavy (non-hydrogen) atoms. The van der Waals surface area contributed by atoms with E-state index in [2.05, 4.69) is 15.3 Å². The Morgan fingerprint density at radius 2 is 1.85 bits per heavy atom. The summed E-state index contributed by atoms with van der Waals surface area (Å²) in [7, 11) is -1.43. The number of hydrogen-bond donors (Lipinski definition) is 3. The minimum atomic E-state index is -3.15. The molecule has 1 saturated heterocycles. The first-order valence-electron chi connectivity index (χ1n) is 10.5. The summed E-state index contributed by atoms with van der Waals surface area (Å²) in [6.07, 6.45) is 4.29. The van der Waals surface area contributed by atoms with Crippen LogP contribution in [0.1, 0.15) is 25.7 Å². The predicted octanol–water partition coefficient (Wildman–Crippen LogP) is 3.26. The Balaban J connectivity index is 0.000000968. The van der Waals surface area contributed by atoms with E-state index in [9.17, 15) is 17.6 Å². The van der Waals surface area contributed by atoms with E-state index in [4.69, 9.17) is 10.5 Å². The van der Waals surface area contributed by atoms with Gasteiger partial charge in [-0.1, -0.05) is 17.2 Å². The van der Waals surface area contributed by atoms with Gasteiger partial charge >= 0.3 is 6.03 Å². The number of carbonyl (C=O) groups excluding carboxylic acids is 1. The van der Waals surface area contributed by atoms with Crippen LogP contribution in [-0.2, 0) is 15.1 Å². The van der Waals surface area contributed by atoms with Crippen molar-refractivity contribution in [2.45, 2.75) is 37.0 Å². The van der Waals surface area contributed by atoms with E-state index in [1.54, 1.807) is 40.5 Å².